The van der Waals surface area contributed by atoms with Crippen LogP contribution < -0.4 is 9.47 Å². The van der Waals surface area contributed by atoms with Crippen molar-refractivity contribution in [3.8, 4) is 11.5 Å². The molecule has 0 aliphatic carbocycles. The van der Waals surface area contributed by atoms with Crippen molar-refractivity contribution in [2.45, 2.75) is 50.8 Å². The molecule has 2 heterocycles. The lowest BCUT2D eigenvalue weighted by Gasteiger charge is -2.20. The Labute approximate surface area is 234 Å². The van der Waals surface area contributed by atoms with E-state index in [0.29, 0.717) is 42.3 Å². The van der Waals surface area contributed by atoms with E-state index < -0.39 is 10.0 Å². The van der Waals surface area contributed by atoms with Crippen LogP contribution in [0.2, 0.25) is 0 Å². The lowest BCUT2D eigenvalue weighted by Crippen LogP contribution is -2.33. The first-order valence-corrected chi connectivity index (χ1v) is 15.4. The monoisotopic (exact) mass is 550 g/mol. The molecule has 4 rings (SSSR count). The fraction of sp³-hybridized carbons (Fsp3) is 0.438. The number of likely N-dealkylation sites (tertiary alicyclic amines) is 1. The molecule has 0 saturated carbocycles. The second-order valence-electron chi connectivity index (χ2n) is 10.3. The van der Waals surface area contributed by atoms with Crippen molar-refractivity contribution in [2.24, 2.45) is 0 Å². The summed E-state index contributed by atoms with van der Waals surface area (Å²) in [5.74, 6) is 1.34. The number of benzene rings is 2. The highest BCUT2D eigenvalue weighted by atomic mass is 32.2. The number of fused-ring (bicyclic) bond motifs is 1. The van der Waals surface area contributed by atoms with Gasteiger partial charge in [-0.2, -0.15) is 4.31 Å². The summed E-state index contributed by atoms with van der Waals surface area (Å²) in [4.78, 5) is 2.86. The Kier molecular flexibility index (Phi) is 10.1. The van der Waals surface area contributed by atoms with Crippen LogP contribution in [-0.2, 0) is 22.9 Å². The molecule has 210 valence electrons. The van der Waals surface area contributed by atoms with Gasteiger partial charge in [0.15, 0.2) is 11.5 Å². The van der Waals surface area contributed by atoms with E-state index >= 15 is 0 Å². The van der Waals surface area contributed by atoms with Gasteiger partial charge in [-0.15, -0.1) is 0 Å². The van der Waals surface area contributed by atoms with Crippen LogP contribution >= 0.6 is 0 Å². The van der Waals surface area contributed by atoms with Gasteiger partial charge < -0.3 is 14.4 Å². The lowest BCUT2D eigenvalue weighted by molar-refractivity contribution is 0.343. The molecule has 2 aliphatic heterocycles. The van der Waals surface area contributed by atoms with Gasteiger partial charge >= 0.3 is 0 Å². The summed E-state index contributed by atoms with van der Waals surface area (Å²) in [6, 6.07) is 11.2. The first kappa shape index (κ1) is 29.1. The minimum atomic E-state index is -3.61. The third kappa shape index (κ3) is 7.21. The number of allylic oxidation sites excluding steroid dienone is 5. The van der Waals surface area contributed by atoms with Gasteiger partial charge in [0, 0.05) is 19.6 Å². The van der Waals surface area contributed by atoms with Crippen LogP contribution in [0.4, 0.5) is 0 Å². The lowest BCUT2D eigenvalue weighted by atomic mass is 10.0. The Morgan fingerprint density at radius 2 is 1.49 bits per heavy atom. The van der Waals surface area contributed by atoms with Crippen molar-refractivity contribution >= 4 is 15.6 Å². The Hall–Kier alpha value is -2.87. The highest BCUT2D eigenvalue weighted by molar-refractivity contribution is 7.89. The molecule has 0 amide bonds. The third-order valence-corrected chi connectivity index (χ3v) is 9.62. The number of rotatable bonds is 10. The molecular weight excluding hydrogens is 508 g/mol. The van der Waals surface area contributed by atoms with Crippen LogP contribution in [0.1, 0.15) is 49.8 Å². The average molecular weight is 551 g/mol. The molecule has 0 unspecified atom stereocenters. The van der Waals surface area contributed by atoms with E-state index in [9.17, 15) is 8.42 Å². The Morgan fingerprint density at radius 3 is 2.03 bits per heavy atom. The first-order chi connectivity index (χ1) is 18.8. The minimum Gasteiger partial charge on any atom is -0.493 e. The maximum atomic E-state index is 13.6. The van der Waals surface area contributed by atoms with Crippen molar-refractivity contribution < 1.29 is 17.9 Å². The standard InChI is InChI=1S/C32H42N2O4S/c1-5-8-26(10-9-25(2)15-20-33-18-6-7-19-33)27-11-13-30(14-12-27)39(35,36)34-21-16-28-23-31(37-3)32(38-4)24-29(28)17-22-34/h5,8-14,23-24H,6-7,15-22H2,1-4H3/b8-5-,25-9+,26-10+. The molecule has 0 atom stereocenters. The smallest absolute Gasteiger partial charge is 0.243 e. The number of nitrogens with zero attached hydrogens (tertiary/aromatic N) is 2. The van der Waals surface area contributed by atoms with E-state index in [2.05, 4.69) is 30.1 Å². The number of hydrogen-bond acceptors (Lipinski definition) is 5. The van der Waals surface area contributed by atoms with Gasteiger partial charge in [0.1, 0.15) is 0 Å². The van der Waals surface area contributed by atoms with Gasteiger partial charge in [-0.3, -0.25) is 0 Å². The Bertz CT molecular complexity index is 1290. The van der Waals surface area contributed by atoms with Crippen molar-refractivity contribution in [3.63, 3.8) is 0 Å². The molecule has 0 spiro atoms. The topological polar surface area (TPSA) is 59.1 Å². The average Bonchev–Trinajstić information content (AvgIpc) is 3.38. The molecule has 7 heteroatoms. The van der Waals surface area contributed by atoms with Crippen molar-refractivity contribution in [3.05, 3.63) is 83.0 Å². The summed E-state index contributed by atoms with van der Waals surface area (Å²) in [5.41, 5.74) is 5.62. The fourth-order valence-corrected chi connectivity index (χ4v) is 6.76. The minimum absolute atomic E-state index is 0.324. The predicted molar refractivity (Wildman–Crippen MR) is 159 cm³/mol. The summed E-state index contributed by atoms with van der Waals surface area (Å²) in [6.45, 7) is 8.59. The van der Waals surface area contributed by atoms with Crippen LogP contribution in [0.3, 0.4) is 0 Å². The molecule has 2 aromatic rings. The maximum absolute atomic E-state index is 13.6. The van der Waals surface area contributed by atoms with E-state index in [4.69, 9.17) is 9.47 Å². The Balaban J connectivity index is 1.47. The van der Waals surface area contributed by atoms with Crippen LogP contribution in [0.15, 0.2) is 71.2 Å². The fourth-order valence-electron chi connectivity index (χ4n) is 5.32. The quantitative estimate of drug-likeness (QED) is 0.346. The van der Waals surface area contributed by atoms with Gasteiger partial charge in [-0.25, -0.2) is 8.42 Å². The highest BCUT2D eigenvalue weighted by Gasteiger charge is 2.27. The summed E-state index contributed by atoms with van der Waals surface area (Å²) in [7, 11) is -0.381. The number of sulfonamides is 1. The molecule has 39 heavy (non-hydrogen) atoms. The number of methoxy groups -OCH3 is 2. The van der Waals surface area contributed by atoms with Gasteiger partial charge in [0.25, 0.3) is 0 Å². The highest BCUT2D eigenvalue weighted by Crippen LogP contribution is 2.33. The molecule has 0 bridgehead atoms. The van der Waals surface area contributed by atoms with Crippen molar-refractivity contribution in [2.75, 3.05) is 46.9 Å². The van der Waals surface area contributed by atoms with Gasteiger partial charge in [-0.1, -0.05) is 42.0 Å². The molecule has 0 radical (unpaired) electrons. The summed E-state index contributed by atoms with van der Waals surface area (Å²) >= 11 is 0. The second-order valence-corrected chi connectivity index (χ2v) is 12.3. The van der Waals surface area contributed by atoms with Crippen molar-refractivity contribution in [1.82, 2.24) is 9.21 Å². The van der Waals surface area contributed by atoms with E-state index in [-0.39, 0.29) is 0 Å². The number of hydrogen-bond donors (Lipinski definition) is 0. The van der Waals surface area contributed by atoms with E-state index in [1.165, 1.54) is 31.5 Å². The molecule has 6 nitrogen and oxygen atoms in total. The van der Waals surface area contributed by atoms with Crippen LogP contribution in [0, 0.1) is 0 Å². The van der Waals surface area contributed by atoms with Gasteiger partial charge in [0.2, 0.25) is 10.0 Å². The van der Waals surface area contributed by atoms with Crippen LogP contribution in [0.5, 0.6) is 11.5 Å². The van der Waals surface area contributed by atoms with E-state index in [0.717, 1.165) is 35.2 Å². The van der Waals surface area contributed by atoms with E-state index in [1.54, 1.807) is 30.7 Å². The normalized spacial score (nSPS) is 17.8. The predicted octanol–water partition coefficient (Wildman–Crippen LogP) is 5.89. The molecule has 2 aliphatic rings. The SMILES string of the molecule is C\C=C/C(=C\C=C(/C)CCN1CCCC1)c1ccc(S(=O)(=O)N2CCc3cc(OC)c(OC)cc3CC2)cc1. The van der Waals surface area contributed by atoms with Gasteiger partial charge in [0.05, 0.1) is 19.1 Å². The van der Waals surface area contributed by atoms with Crippen LogP contribution in [-0.4, -0.2) is 64.6 Å². The van der Waals surface area contributed by atoms with Gasteiger partial charge in [-0.05, 0) is 106 Å². The zero-order valence-corrected chi connectivity index (χ0v) is 24.6. The van der Waals surface area contributed by atoms with E-state index in [1.807, 2.05) is 37.3 Å². The molecular formula is C32H42N2O4S. The zero-order chi connectivity index (χ0) is 27.8. The maximum Gasteiger partial charge on any atom is 0.243 e. The van der Waals surface area contributed by atoms with Crippen molar-refractivity contribution in [1.29, 1.82) is 0 Å². The molecule has 0 aromatic heterocycles. The first-order valence-electron chi connectivity index (χ1n) is 13.9. The summed E-state index contributed by atoms with van der Waals surface area (Å²) < 4.78 is 39.6. The molecule has 1 saturated heterocycles. The molecule has 1 fully saturated rings. The molecule has 2 aromatic carbocycles. The number of ether oxygens (including phenoxy) is 2. The largest absolute Gasteiger partial charge is 0.493 e. The molecule has 0 N–H and O–H groups in total. The van der Waals surface area contributed by atoms with Crippen LogP contribution in [0.25, 0.3) is 5.57 Å². The summed E-state index contributed by atoms with van der Waals surface area (Å²) in [6.07, 6.45) is 13.4. The zero-order valence-electron chi connectivity index (χ0n) is 23.8. The second kappa shape index (κ2) is 13.5. The summed E-state index contributed by atoms with van der Waals surface area (Å²) in [5, 5.41) is 0. The third-order valence-electron chi connectivity index (χ3n) is 7.71. The Morgan fingerprint density at radius 1 is 0.897 bits per heavy atom.